The molecule has 2 saturated carbocycles. The van der Waals surface area contributed by atoms with Crippen LogP contribution in [-0.2, 0) is 0 Å². The molecule has 3 aliphatic rings. The number of methoxy groups -OCH3 is 1. The van der Waals surface area contributed by atoms with E-state index in [1.54, 1.807) is 7.11 Å². The molecule has 5 heteroatoms. The Morgan fingerprint density at radius 1 is 1.17 bits per heavy atom. The predicted molar refractivity (Wildman–Crippen MR) is 93.7 cm³/mol. The average Bonchev–Trinajstić information content (AvgIpc) is 3.26. The molecular weight excluding hydrogens is 326 g/mol. The van der Waals surface area contributed by atoms with Crippen molar-refractivity contribution < 1.29 is 4.74 Å². The lowest BCUT2D eigenvalue weighted by molar-refractivity contribution is 0.307. The van der Waals surface area contributed by atoms with Gasteiger partial charge in [-0.05, 0) is 54.7 Å². The second-order valence-electron chi connectivity index (χ2n) is 6.95. The summed E-state index contributed by atoms with van der Waals surface area (Å²) in [4.78, 5) is 16.4. The van der Waals surface area contributed by atoms with Crippen LogP contribution in [0.1, 0.15) is 35.6 Å². The van der Waals surface area contributed by atoms with E-state index in [1.165, 1.54) is 41.0 Å². The molecule has 0 amide bonds. The zero-order valence-corrected chi connectivity index (χ0v) is 14.6. The molecule has 1 aromatic carbocycles. The van der Waals surface area contributed by atoms with Crippen LogP contribution in [0.25, 0.3) is 0 Å². The first-order valence-electron chi connectivity index (χ1n) is 8.28. The number of ether oxygens (including phenoxy) is 1. The Morgan fingerprint density at radius 3 is 2.74 bits per heavy atom. The Morgan fingerprint density at radius 2 is 1.96 bits per heavy atom. The van der Waals surface area contributed by atoms with E-state index in [2.05, 4.69) is 17.1 Å². The van der Waals surface area contributed by atoms with Crippen molar-refractivity contribution >= 4 is 23.1 Å². The number of H-pyrrole nitrogens is 1. The molecule has 0 radical (unpaired) electrons. The van der Waals surface area contributed by atoms with Crippen LogP contribution in [0.4, 0.5) is 0 Å². The summed E-state index contributed by atoms with van der Waals surface area (Å²) in [5.41, 5.74) is 1.34. The van der Waals surface area contributed by atoms with Gasteiger partial charge in [0.2, 0.25) is 0 Å². The molecule has 120 valence electrons. The maximum absolute atomic E-state index is 12.0. The van der Waals surface area contributed by atoms with Crippen molar-refractivity contribution in [2.45, 2.75) is 35.5 Å². The minimum atomic E-state index is 0.0910. The van der Waals surface area contributed by atoms with Gasteiger partial charge in [-0.1, -0.05) is 23.5 Å². The van der Waals surface area contributed by atoms with E-state index in [0.29, 0.717) is 17.1 Å². The number of benzene rings is 1. The van der Waals surface area contributed by atoms with Gasteiger partial charge in [0, 0.05) is 16.0 Å². The maximum Gasteiger partial charge on any atom is 0.305 e. The largest absolute Gasteiger partial charge is 0.497 e. The van der Waals surface area contributed by atoms with Crippen LogP contribution < -0.4 is 9.61 Å². The summed E-state index contributed by atoms with van der Waals surface area (Å²) in [6, 6.07) is 8.48. The minimum Gasteiger partial charge on any atom is -0.497 e. The third kappa shape index (κ3) is 2.06. The first-order chi connectivity index (χ1) is 11.2. The highest BCUT2D eigenvalue weighted by molar-refractivity contribution is 8.00. The normalized spacial score (nSPS) is 34.2. The molecule has 3 nitrogen and oxygen atoms in total. The van der Waals surface area contributed by atoms with Gasteiger partial charge in [0.15, 0.2) is 0 Å². The highest BCUT2D eigenvalue weighted by Gasteiger charge is 2.54. The third-order valence-electron chi connectivity index (χ3n) is 5.94. The van der Waals surface area contributed by atoms with Crippen molar-refractivity contribution in [1.29, 1.82) is 0 Å². The quantitative estimate of drug-likeness (QED) is 0.891. The first-order valence-corrected chi connectivity index (χ1v) is 9.98. The Hall–Kier alpha value is -1.20. The summed E-state index contributed by atoms with van der Waals surface area (Å²) in [5.74, 6) is 3.63. The van der Waals surface area contributed by atoms with E-state index in [9.17, 15) is 4.79 Å². The van der Waals surface area contributed by atoms with Crippen molar-refractivity contribution in [3.63, 3.8) is 0 Å². The van der Waals surface area contributed by atoms with Gasteiger partial charge in [-0.2, -0.15) is 0 Å². The lowest BCUT2D eigenvalue weighted by Gasteiger charge is -2.40. The molecule has 0 unspecified atom stereocenters. The molecule has 5 atom stereocenters. The summed E-state index contributed by atoms with van der Waals surface area (Å²) in [5, 5.41) is 1.81. The topological polar surface area (TPSA) is 42.1 Å². The van der Waals surface area contributed by atoms with Crippen molar-refractivity contribution in [2.75, 3.05) is 7.11 Å². The van der Waals surface area contributed by atoms with Crippen LogP contribution in [0.2, 0.25) is 0 Å². The van der Waals surface area contributed by atoms with Gasteiger partial charge in [0.1, 0.15) is 5.75 Å². The van der Waals surface area contributed by atoms with E-state index in [4.69, 9.17) is 4.74 Å². The van der Waals surface area contributed by atoms with Gasteiger partial charge in [-0.15, -0.1) is 11.8 Å². The summed E-state index contributed by atoms with van der Waals surface area (Å²) in [7, 11) is 1.70. The number of fused-ring (bicyclic) bond motifs is 6. The third-order valence-corrected chi connectivity index (χ3v) is 8.56. The molecule has 5 rings (SSSR count). The Kier molecular flexibility index (Phi) is 3.17. The fraction of sp³-hybridized carbons (Fsp3) is 0.500. The molecule has 1 N–H and O–H groups in total. The van der Waals surface area contributed by atoms with Crippen LogP contribution in [0.3, 0.4) is 0 Å². The van der Waals surface area contributed by atoms with Gasteiger partial charge in [0.05, 0.1) is 12.1 Å². The monoisotopic (exact) mass is 345 g/mol. The van der Waals surface area contributed by atoms with Gasteiger partial charge in [0.25, 0.3) is 0 Å². The molecule has 2 aliphatic carbocycles. The predicted octanol–water partition coefficient (Wildman–Crippen LogP) is 4.10. The van der Waals surface area contributed by atoms with Crippen molar-refractivity contribution in [2.24, 2.45) is 17.8 Å². The molecule has 23 heavy (non-hydrogen) atoms. The number of hydrogen-bond donors (Lipinski definition) is 1. The highest BCUT2D eigenvalue weighted by Crippen LogP contribution is 2.63. The molecule has 2 bridgehead atoms. The summed E-state index contributed by atoms with van der Waals surface area (Å²) < 4.78 is 5.31. The number of thiazole rings is 1. The second kappa shape index (κ2) is 5.15. The molecule has 2 heterocycles. The fourth-order valence-corrected chi connectivity index (χ4v) is 7.93. The molecule has 1 aromatic heterocycles. The standard InChI is InChI=1S/C18H19NO2S2/c1-21-12-6-4-9(5-7-12)13-14-10-2-3-11(8-10)15(14)22-17-16(13)23-18(20)19-17/h4-7,10-11,13-15H,2-3,8H2,1H3,(H,19,20)/t10-,11+,13-,14-,15-/m0/s1. The van der Waals surface area contributed by atoms with Gasteiger partial charge >= 0.3 is 4.87 Å². The highest BCUT2D eigenvalue weighted by atomic mass is 32.2. The molecule has 0 saturated heterocycles. The fourth-order valence-electron chi connectivity index (χ4n) is 5.03. The van der Waals surface area contributed by atoms with E-state index in [1.807, 2.05) is 23.9 Å². The number of thioether (sulfide) groups is 1. The second-order valence-corrected chi connectivity index (χ2v) is 9.15. The Balaban J connectivity index is 1.64. The number of nitrogens with one attached hydrogen (secondary N) is 1. The Bertz CT molecular complexity index is 794. The molecule has 0 spiro atoms. The number of rotatable bonds is 2. The van der Waals surface area contributed by atoms with E-state index >= 15 is 0 Å². The minimum absolute atomic E-state index is 0.0910. The summed E-state index contributed by atoms with van der Waals surface area (Å²) in [6.45, 7) is 0. The lowest BCUT2D eigenvalue weighted by atomic mass is 9.75. The van der Waals surface area contributed by atoms with E-state index < -0.39 is 0 Å². The lowest BCUT2D eigenvalue weighted by Crippen LogP contribution is -2.33. The number of aromatic nitrogens is 1. The van der Waals surface area contributed by atoms with E-state index in [-0.39, 0.29) is 4.87 Å². The van der Waals surface area contributed by atoms with E-state index in [0.717, 1.165) is 22.6 Å². The van der Waals surface area contributed by atoms with Crippen molar-refractivity contribution in [1.82, 2.24) is 4.98 Å². The zero-order valence-electron chi connectivity index (χ0n) is 13.0. The zero-order chi connectivity index (χ0) is 15.6. The molecule has 1 aliphatic heterocycles. The van der Waals surface area contributed by atoms with Gasteiger partial charge in [-0.3, -0.25) is 4.79 Å². The smallest absolute Gasteiger partial charge is 0.305 e. The van der Waals surface area contributed by atoms with Gasteiger partial charge in [-0.25, -0.2) is 0 Å². The average molecular weight is 345 g/mol. The summed E-state index contributed by atoms with van der Waals surface area (Å²) >= 11 is 3.36. The van der Waals surface area contributed by atoms with Crippen LogP contribution in [0.15, 0.2) is 34.1 Å². The van der Waals surface area contributed by atoms with Crippen molar-refractivity contribution in [3.05, 3.63) is 44.4 Å². The first kappa shape index (κ1) is 14.2. The molecule has 2 aromatic rings. The maximum atomic E-state index is 12.0. The molecule has 2 fully saturated rings. The molecular formula is C18H19NO2S2. The Labute approximate surface area is 143 Å². The number of hydrogen-bond acceptors (Lipinski definition) is 4. The van der Waals surface area contributed by atoms with Crippen LogP contribution in [0, 0.1) is 17.8 Å². The number of aromatic amines is 1. The van der Waals surface area contributed by atoms with Gasteiger partial charge < -0.3 is 9.72 Å². The van der Waals surface area contributed by atoms with Crippen molar-refractivity contribution in [3.8, 4) is 5.75 Å². The van der Waals surface area contributed by atoms with Crippen LogP contribution in [0.5, 0.6) is 5.75 Å². The van der Waals surface area contributed by atoms with Crippen LogP contribution in [-0.4, -0.2) is 17.3 Å². The van der Waals surface area contributed by atoms with Crippen LogP contribution >= 0.6 is 23.1 Å². The SMILES string of the molecule is COc1ccc([C@@H]2c3sc(=O)[nH]c3S[C@H]3[C@@H]4CC[C@@H](C4)[C@@H]23)cc1. The summed E-state index contributed by atoms with van der Waals surface area (Å²) in [6.07, 6.45) is 4.12.